The summed E-state index contributed by atoms with van der Waals surface area (Å²) in [6, 6.07) is 15.9. The van der Waals surface area contributed by atoms with Gasteiger partial charge in [0, 0.05) is 23.4 Å². The average Bonchev–Trinajstić information content (AvgIpc) is 2.70. The quantitative estimate of drug-likeness (QED) is 0.757. The van der Waals surface area contributed by atoms with Crippen LogP contribution < -0.4 is 10.9 Å². The maximum absolute atomic E-state index is 13.9. The zero-order chi connectivity index (χ0) is 19.7. The number of para-hydroxylation sites is 2. The number of ketones is 1. The summed E-state index contributed by atoms with van der Waals surface area (Å²) in [5, 5.41) is 2.43. The second-order valence-corrected chi connectivity index (χ2v) is 6.61. The predicted octanol–water partition coefficient (Wildman–Crippen LogP) is 3.75. The molecule has 5 nitrogen and oxygen atoms in total. The highest BCUT2D eigenvalue weighted by Gasteiger charge is 2.26. The van der Waals surface area contributed by atoms with Gasteiger partial charge in [-0.1, -0.05) is 30.3 Å². The Bertz CT molecular complexity index is 1140. The third kappa shape index (κ3) is 3.13. The first-order valence-corrected chi connectivity index (χ1v) is 8.99. The van der Waals surface area contributed by atoms with E-state index < -0.39 is 17.3 Å². The summed E-state index contributed by atoms with van der Waals surface area (Å²) >= 11 is 0. The lowest BCUT2D eigenvalue weighted by Gasteiger charge is -2.21. The van der Waals surface area contributed by atoms with Crippen LogP contribution >= 0.6 is 0 Å². The molecule has 1 N–H and O–H groups in total. The van der Waals surface area contributed by atoms with Crippen LogP contribution in [0.15, 0.2) is 65.5 Å². The van der Waals surface area contributed by atoms with Gasteiger partial charge in [-0.2, -0.15) is 0 Å². The van der Waals surface area contributed by atoms with Crippen LogP contribution in [0, 0.1) is 5.82 Å². The van der Waals surface area contributed by atoms with E-state index in [9.17, 15) is 18.8 Å². The number of fused-ring (bicyclic) bond motifs is 1. The first kappa shape index (κ1) is 17.9. The molecule has 0 atom stereocenters. The Labute approximate surface area is 160 Å². The molecule has 0 saturated heterocycles. The smallest absolute Gasteiger partial charge is 0.268 e. The molecule has 1 heterocycles. The van der Waals surface area contributed by atoms with E-state index in [1.165, 1.54) is 28.8 Å². The van der Waals surface area contributed by atoms with Crippen molar-refractivity contribution in [1.82, 2.24) is 4.57 Å². The van der Waals surface area contributed by atoms with Crippen molar-refractivity contribution in [3.63, 3.8) is 0 Å². The van der Waals surface area contributed by atoms with Gasteiger partial charge in [-0.25, -0.2) is 4.39 Å². The van der Waals surface area contributed by atoms with E-state index in [1.807, 2.05) is 6.07 Å². The maximum Gasteiger partial charge on any atom is 0.268 e. The fourth-order valence-corrected chi connectivity index (χ4v) is 3.46. The van der Waals surface area contributed by atoms with E-state index in [0.717, 1.165) is 0 Å². The summed E-state index contributed by atoms with van der Waals surface area (Å²) in [6.45, 7) is 0. The number of aromatic nitrogens is 1. The number of nitrogens with zero attached hydrogens (tertiary/aromatic N) is 1. The summed E-state index contributed by atoms with van der Waals surface area (Å²) in [7, 11) is 0. The number of benzene rings is 2. The number of nitrogens with one attached hydrogen (secondary N) is 1. The summed E-state index contributed by atoms with van der Waals surface area (Å²) in [5.41, 5.74) is 0.805. The van der Waals surface area contributed by atoms with Crippen molar-refractivity contribution in [2.24, 2.45) is 0 Å². The molecular formula is C22H17FN2O3. The van der Waals surface area contributed by atoms with Crippen LogP contribution in [0.3, 0.4) is 0 Å². The van der Waals surface area contributed by atoms with Crippen molar-refractivity contribution >= 4 is 17.4 Å². The molecule has 0 radical (unpaired) electrons. The third-order valence-electron chi connectivity index (χ3n) is 4.80. The fraction of sp³-hybridized carbons (Fsp3) is 0.136. The van der Waals surface area contributed by atoms with Crippen molar-refractivity contribution in [3.05, 3.63) is 93.7 Å². The van der Waals surface area contributed by atoms with E-state index in [-0.39, 0.29) is 17.0 Å². The number of hydrogen-bond acceptors (Lipinski definition) is 3. The largest absolute Gasteiger partial charge is 0.319 e. The molecule has 1 aliphatic rings. The van der Waals surface area contributed by atoms with Crippen molar-refractivity contribution in [2.75, 3.05) is 5.32 Å². The molecule has 1 amide bonds. The Morgan fingerprint density at radius 2 is 1.68 bits per heavy atom. The van der Waals surface area contributed by atoms with Gasteiger partial charge >= 0.3 is 0 Å². The molecule has 0 aliphatic heterocycles. The fourth-order valence-electron chi connectivity index (χ4n) is 3.46. The Balaban J connectivity index is 1.88. The molecule has 140 valence electrons. The van der Waals surface area contributed by atoms with Crippen LogP contribution in [0.4, 0.5) is 10.1 Å². The molecule has 0 unspecified atom stereocenters. The SMILES string of the molecule is O=C1CCCc2c1cc(C(=O)Nc1ccccc1F)c(=O)n2-c1ccccc1. The van der Waals surface area contributed by atoms with Crippen molar-refractivity contribution in [2.45, 2.75) is 19.3 Å². The van der Waals surface area contributed by atoms with Gasteiger partial charge in [0.1, 0.15) is 11.4 Å². The zero-order valence-corrected chi connectivity index (χ0v) is 14.9. The lowest BCUT2D eigenvalue weighted by molar-refractivity contribution is 0.0971. The van der Waals surface area contributed by atoms with Gasteiger partial charge in [-0.15, -0.1) is 0 Å². The van der Waals surface area contributed by atoms with Gasteiger partial charge in [-0.3, -0.25) is 19.0 Å². The number of amides is 1. The Kier molecular flexibility index (Phi) is 4.61. The van der Waals surface area contributed by atoms with Gasteiger partial charge in [0.2, 0.25) is 0 Å². The van der Waals surface area contributed by atoms with Crippen LogP contribution in [0.25, 0.3) is 5.69 Å². The highest BCUT2D eigenvalue weighted by atomic mass is 19.1. The lowest BCUT2D eigenvalue weighted by Crippen LogP contribution is -2.33. The summed E-state index contributed by atoms with van der Waals surface area (Å²) in [5.74, 6) is -1.46. The number of carbonyl (C=O) groups excluding carboxylic acids is 2. The monoisotopic (exact) mass is 376 g/mol. The van der Waals surface area contributed by atoms with Crippen LogP contribution in [0.1, 0.15) is 39.3 Å². The number of halogens is 1. The maximum atomic E-state index is 13.9. The number of rotatable bonds is 3. The van der Waals surface area contributed by atoms with Crippen molar-refractivity contribution in [3.8, 4) is 5.69 Å². The lowest BCUT2D eigenvalue weighted by atomic mass is 9.92. The average molecular weight is 376 g/mol. The van der Waals surface area contributed by atoms with Gasteiger partial charge in [-0.05, 0) is 43.2 Å². The molecule has 1 aromatic heterocycles. The van der Waals surface area contributed by atoms with Crippen LogP contribution in [0.2, 0.25) is 0 Å². The normalized spacial score (nSPS) is 13.1. The highest BCUT2D eigenvalue weighted by Crippen LogP contribution is 2.24. The molecule has 0 spiro atoms. The number of hydrogen-bond donors (Lipinski definition) is 1. The van der Waals surface area contributed by atoms with E-state index in [1.54, 1.807) is 30.3 Å². The van der Waals surface area contributed by atoms with Gasteiger partial charge in [0.15, 0.2) is 5.78 Å². The van der Waals surface area contributed by atoms with Gasteiger partial charge in [0.25, 0.3) is 11.5 Å². The van der Waals surface area contributed by atoms with Gasteiger partial charge in [0.05, 0.1) is 5.69 Å². The van der Waals surface area contributed by atoms with Crippen LogP contribution in [-0.2, 0) is 6.42 Å². The molecule has 0 bridgehead atoms. The Morgan fingerprint density at radius 1 is 0.964 bits per heavy atom. The minimum atomic E-state index is -0.749. The van der Waals surface area contributed by atoms with Crippen molar-refractivity contribution in [1.29, 1.82) is 0 Å². The molecule has 1 aliphatic carbocycles. The molecule has 2 aromatic carbocycles. The first-order valence-electron chi connectivity index (χ1n) is 8.99. The van der Waals surface area contributed by atoms with Gasteiger partial charge < -0.3 is 5.32 Å². The number of carbonyl (C=O) groups is 2. The van der Waals surface area contributed by atoms with E-state index in [4.69, 9.17) is 0 Å². The van der Waals surface area contributed by atoms with Crippen LogP contribution in [-0.4, -0.2) is 16.3 Å². The molecule has 28 heavy (non-hydrogen) atoms. The Hall–Kier alpha value is -3.54. The minimum Gasteiger partial charge on any atom is -0.319 e. The summed E-state index contributed by atoms with van der Waals surface area (Å²) < 4.78 is 15.3. The Morgan fingerprint density at radius 3 is 2.43 bits per heavy atom. The van der Waals surface area contributed by atoms with E-state index >= 15 is 0 Å². The second kappa shape index (κ2) is 7.23. The van der Waals surface area contributed by atoms with Crippen molar-refractivity contribution < 1.29 is 14.0 Å². The second-order valence-electron chi connectivity index (χ2n) is 6.61. The zero-order valence-electron chi connectivity index (χ0n) is 14.9. The van der Waals surface area contributed by atoms with E-state index in [2.05, 4.69) is 5.32 Å². The van der Waals surface area contributed by atoms with Crippen LogP contribution in [0.5, 0.6) is 0 Å². The molecule has 0 fully saturated rings. The minimum absolute atomic E-state index is 0.0257. The first-order chi connectivity index (χ1) is 13.6. The number of anilines is 1. The highest BCUT2D eigenvalue weighted by molar-refractivity contribution is 6.06. The number of pyridine rings is 1. The summed E-state index contributed by atoms with van der Waals surface area (Å²) in [6.07, 6.45) is 1.59. The molecule has 0 saturated carbocycles. The molecule has 6 heteroatoms. The summed E-state index contributed by atoms with van der Waals surface area (Å²) in [4.78, 5) is 38.4. The molecular weight excluding hydrogens is 359 g/mol. The number of Topliss-reactive ketones (excluding diaryl/α,β-unsaturated/α-hetero) is 1. The van der Waals surface area contributed by atoms with E-state index in [0.29, 0.717) is 36.2 Å². The molecule has 4 rings (SSSR count). The predicted molar refractivity (Wildman–Crippen MR) is 104 cm³/mol. The molecule has 3 aromatic rings. The standard InChI is InChI=1S/C22H17FN2O3/c23-17-9-4-5-10-18(17)24-21(27)16-13-15-19(11-6-12-20(15)26)25(22(16)28)14-7-2-1-3-8-14/h1-5,7-10,13H,6,11-12H2,(H,24,27). The topological polar surface area (TPSA) is 68.2 Å². The third-order valence-corrected chi connectivity index (χ3v) is 4.80.